The van der Waals surface area contributed by atoms with Gasteiger partial charge in [0.25, 0.3) is 0 Å². The second kappa shape index (κ2) is 11.0. The lowest BCUT2D eigenvalue weighted by Crippen LogP contribution is -2.30. The summed E-state index contributed by atoms with van der Waals surface area (Å²) in [4.78, 5) is 11.3. The minimum Gasteiger partial charge on any atom is -0.469 e. The van der Waals surface area contributed by atoms with Gasteiger partial charge in [0.2, 0.25) is 0 Å². The summed E-state index contributed by atoms with van der Waals surface area (Å²) in [5.41, 5.74) is 2.20. The van der Waals surface area contributed by atoms with Crippen LogP contribution in [0, 0.1) is 11.8 Å². The molecule has 0 fully saturated rings. The van der Waals surface area contributed by atoms with Gasteiger partial charge in [0, 0.05) is 11.8 Å². The average molecular weight is 334 g/mol. The average Bonchev–Trinajstić information content (AvgIpc) is 2.61. The number of methoxy groups -OCH3 is 1. The molecule has 134 valence electrons. The topological polar surface area (TPSA) is 55.8 Å². The summed E-state index contributed by atoms with van der Waals surface area (Å²) in [6.07, 6.45) is 2.41. The van der Waals surface area contributed by atoms with Crippen LogP contribution >= 0.6 is 0 Å². The number of esters is 1. The molecule has 0 unspecified atom stereocenters. The second-order valence-electron chi connectivity index (χ2n) is 6.17. The number of carbonyl (C=O) groups excluding carboxylic acids is 1. The highest BCUT2D eigenvalue weighted by Gasteiger charge is 2.23. The summed E-state index contributed by atoms with van der Waals surface area (Å²) < 4.78 is 10.4. The minimum absolute atomic E-state index is 0.0109. The molecule has 1 N–H and O–H groups in total. The van der Waals surface area contributed by atoms with Crippen molar-refractivity contribution in [3.05, 3.63) is 47.5 Å². The van der Waals surface area contributed by atoms with Crippen LogP contribution in [0.2, 0.25) is 0 Å². The van der Waals surface area contributed by atoms with Gasteiger partial charge in [0.1, 0.15) is 0 Å². The number of aliphatic hydroxyl groups is 1. The van der Waals surface area contributed by atoms with Gasteiger partial charge in [-0.2, -0.15) is 0 Å². The fourth-order valence-corrected chi connectivity index (χ4v) is 2.70. The Morgan fingerprint density at radius 1 is 1.25 bits per heavy atom. The molecule has 0 aliphatic rings. The first kappa shape index (κ1) is 20.4. The van der Waals surface area contributed by atoms with Crippen LogP contribution in [0.1, 0.15) is 39.2 Å². The van der Waals surface area contributed by atoms with Crippen molar-refractivity contribution < 1.29 is 19.4 Å². The molecular weight excluding hydrogens is 304 g/mol. The van der Waals surface area contributed by atoms with Crippen molar-refractivity contribution >= 4 is 5.97 Å². The summed E-state index contributed by atoms with van der Waals surface area (Å²) in [7, 11) is 1.38. The predicted octanol–water partition coefficient (Wildman–Crippen LogP) is 3.74. The molecule has 24 heavy (non-hydrogen) atoms. The molecule has 0 heterocycles. The number of aliphatic hydroxyl groups excluding tert-OH is 1. The Hall–Kier alpha value is -1.65. The number of benzene rings is 1. The molecule has 3 atom stereocenters. The zero-order valence-corrected chi connectivity index (χ0v) is 15.2. The molecule has 0 saturated heterocycles. The van der Waals surface area contributed by atoms with Gasteiger partial charge >= 0.3 is 5.97 Å². The molecule has 1 rings (SSSR count). The highest BCUT2D eigenvalue weighted by molar-refractivity contribution is 5.71. The Kier molecular flexibility index (Phi) is 9.35. The van der Waals surface area contributed by atoms with Gasteiger partial charge < -0.3 is 14.6 Å². The van der Waals surface area contributed by atoms with Crippen LogP contribution in [-0.4, -0.2) is 30.9 Å². The Labute approximate surface area is 145 Å². The zero-order chi connectivity index (χ0) is 17.9. The minimum atomic E-state index is -0.510. The van der Waals surface area contributed by atoms with Crippen LogP contribution in [0.5, 0.6) is 0 Å². The maximum Gasteiger partial charge on any atom is 0.309 e. The van der Waals surface area contributed by atoms with Crippen molar-refractivity contribution in [3.63, 3.8) is 0 Å². The summed E-state index contributed by atoms with van der Waals surface area (Å²) >= 11 is 0. The third kappa shape index (κ3) is 6.85. The van der Waals surface area contributed by atoms with Gasteiger partial charge in [-0.1, -0.05) is 62.8 Å². The zero-order valence-electron chi connectivity index (χ0n) is 15.2. The third-order valence-electron chi connectivity index (χ3n) is 4.34. The van der Waals surface area contributed by atoms with E-state index in [1.807, 2.05) is 57.2 Å². The van der Waals surface area contributed by atoms with Crippen molar-refractivity contribution in [2.45, 2.75) is 46.3 Å². The monoisotopic (exact) mass is 334 g/mol. The summed E-state index contributed by atoms with van der Waals surface area (Å²) in [6, 6.07) is 9.99. The van der Waals surface area contributed by atoms with Crippen LogP contribution in [0.15, 0.2) is 42.0 Å². The number of hydrogen-bond acceptors (Lipinski definition) is 4. The van der Waals surface area contributed by atoms with Gasteiger partial charge in [-0.3, -0.25) is 4.79 Å². The molecule has 0 bridgehead atoms. The molecule has 4 heteroatoms. The van der Waals surface area contributed by atoms with Crippen molar-refractivity contribution in [2.24, 2.45) is 11.8 Å². The van der Waals surface area contributed by atoms with Crippen molar-refractivity contribution in [3.8, 4) is 0 Å². The van der Waals surface area contributed by atoms with Crippen LogP contribution in [0.25, 0.3) is 0 Å². The van der Waals surface area contributed by atoms with E-state index in [0.29, 0.717) is 13.2 Å². The van der Waals surface area contributed by atoms with Gasteiger partial charge in [-0.15, -0.1) is 0 Å². The van der Waals surface area contributed by atoms with Crippen molar-refractivity contribution in [1.29, 1.82) is 0 Å². The molecule has 0 saturated carbocycles. The first-order valence-corrected chi connectivity index (χ1v) is 8.55. The Bertz CT molecular complexity index is 510. The molecular formula is C20H30O4. The van der Waals surface area contributed by atoms with E-state index in [1.54, 1.807) is 0 Å². The van der Waals surface area contributed by atoms with Gasteiger partial charge in [-0.25, -0.2) is 0 Å². The van der Waals surface area contributed by atoms with E-state index in [9.17, 15) is 9.90 Å². The van der Waals surface area contributed by atoms with E-state index in [-0.39, 0.29) is 24.2 Å². The molecule has 1 aromatic rings. The summed E-state index contributed by atoms with van der Waals surface area (Å²) in [5.74, 6) is -0.270. The summed E-state index contributed by atoms with van der Waals surface area (Å²) in [5, 5.41) is 10.6. The van der Waals surface area contributed by atoms with E-state index < -0.39 is 6.10 Å². The lowest BCUT2D eigenvalue weighted by molar-refractivity contribution is -0.139. The van der Waals surface area contributed by atoms with Crippen molar-refractivity contribution in [2.75, 3.05) is 13.7 Å². The van der Waals surface area contributed by atoms with E-state index in [4.69, 9.17) is 4.74 Å². The molecule has 1 aromatic carbocycles. The predicted molar refractivity (Wildman–Crippen MR) is 95.4 cm³/mol. The summed E-state index contributed by atoms with van der Waals surface area (Å²) in [6.45, 7) is 7.05. The van der Waals surface area contributed by atoms with E-state index in [2.05, 4.69) is 4.74 Å². The third-order valence-corrected chi connectivity index (χ3v) is 4.34. The smallest absolute Gasteiger partial charge is 0.309 e. The fourth-order valence-electron chi connectivity index (χ4n) is 2.70. The lowest BCUT2D eigenvalue weighted by atomic mass is 9.86. The standard InChI is InChI=1S/C20H30O4/c1-5-18(11-12-19(21)23-4)16(3)20(22)15(2)13-24-14-17-9-7-6-8-10-17/h6-11,15-16,20,22H,5,12-14H2,1-4H3/b18-11+/t15-,16-,20+/m0/s1. The van der Waals surface area contributed by atoms with E-state index in [0.717, 1.165) is 17.6 Å². The van der Waals surface area contributed by atoms with Gasteiger partial charge in [-0.05, 0) is 12.0 Å². The number of carbonyl (C=O) groups is 1. The second-order valence-corrected chi connectivity index (χ2v) is 6.17. The Morgan fingerprint density at radius 2 is 1.92 bits per heavy atom. The quantitative estimate of drug-likeness (QED) is 0.523. The van der Waals surface area contributed by atoms with Gasteiger partial charge in [0.15, 0.2) is 0 Å². The SMILES string of the molecule is CC/C(=C\CC(=O)OC)[C@H](C)[C@H](O)[C@@H](C)COCc1ccccc1. The maximum atomic E-state index is 11.3. The Morgan fingerprint density at radius 3 is 2.50 bits per heavy atom. The normalized spacial score (nSPS) is 15.6. The molecule has 4 nitrogen and oxygen atoms in total. The molecule has 0 aliphatic carbocycles. The molecule has 0 amide bonds. The Balaban J connectivity index is 2.49. The first-order chi connectivity index (χ1) is 11.5. The molecule has 0 spiro atoms. The first-order valence-electron chi connectivity index (χ1n) is 8.55. The van der Waals surface area contributed by atoms with Crippen LogP contribution in [0.3, 0.4) is 0 Å². The number of ether oxygens (including phenoxy) is 2. The van der Waals surface area contributed by atoms with Crippen LogP contribution < -0.4 is 0 Å². The molecule has 0 radical (unpaired) electrons. The molecule has 0 aliphatic heterocycles. The van der Waals surface area contributed by atoms with E-state index in [1.165, 1.54) is 7.11 Å². The largest absolute Gasteiger partial charge is 0.469 e. The fraction of sp³-hybridized carbons (Fsp3) is 0.550. The maximum absolute atomic E-state index is 11.3. The van der Waals surface area contributed by atoms with Gasteiger partial charge in [0.05, 0.1) is 32.8 Å². The number of hydrogen-bond donors (Lipinski definition) is 1. The van der Waals surface area contributed by atoms with E-state index >= 15 is 0 Å². The van der Waals surface area contributed by atoms with Crippen molar-refractivity contribution in [1.82, 2.24) is 0 Å². The highest BCUT2D eigenvalue weighted by atomic mass is 16.5. The number of rotatable bonds is 10. The molecule has 0 aromatic heterocycles. The lowest BCUT2D eigenvalue weighted by Gasteiger charge is -2.26. The van der Waals surface area contributed by atoms with Crippen LogP contribution in [-0.2, 0) is 20.9 Å². The highest BCUT2D eigenvalue weighted by Crippen LogP contribution is 2.24. The van der Waals surface area contributed by atoms with Crippen LogP contribution in [0.4, 0.5) is 0 Å².